The van der Waals surface area contributed by atoms with E-state index in [4.69, 9.17) is 0 Å². The fourth-order valence-electron chi connectivity index (χ4n) is 1.38. The highest BCUT2D eigenvalue weighted by atomic mass is 32.2. The second kappa shape index (κ2) is 4.62. The van der Waals surface area contributed by atoms with Crippen molar-refractivity contribution in [2.24, 2.45) is 4.99 Å². The van der Waals surface area contributed by atoms with Crippen LogP contribution in [-0.4, -0.2) is 10.8 Å². The molecule has 0 saturated carbocycles. The SMILES string of the molecule is CCc1ccc(C2=NC=C(F)CS2)cc1. The van der Waals surface area contributed by atoms with E-state index in [1.54, 1.807) is 0 Å². The largest absolute Gasteiger partial charge is 0.247 e. The molecule has 2 rings (SSSR count). The molecule has 0 N–H and O–H groups in total. The van der Waals surface area contributed by atoms with Crippen LogP contribution >= 0.6 is 11.8 Å². The van der Waals surface area contributed by atoms with Crippen LogP contribution in [-0.2, 0) is 6.42 Å². The first-order chi connectivity index (χ1) is 7.29. The molecule has 1 aliphatic heterocycles. The Kier molecular flexibility index (Phi) is 3.21. The molecule has 0 aromatic heterocycles. The first-order valence-corrected chi connectivity index (χ1v) is 5.92. The van der Waals surface area contributed by atoms with Gasteiger partial charge in [-0.15, -0.1) is 0 Å². The zero-order valence-electron chi connectivity index (χ0n) is 8.53. The summed E-state index contributed by atoms with van der Waals surface area (Å²) < 4.78 is 12.7. The molecule has 1 heterocycles. The molecule has 1 aromatic rings. The second-order valence-corrected chi connectivity index (χ2v) is 4.31. The van der Waals surface area contributed by atoms with E-state index >= 15 is 0 Å². The monoisotopic (exact) mass is 221 g/mol. The average Bonchev–Trinajstić information content (AvgIpc) is 2.30. The molecular weight excluding hydrogens is 209 g/mol. The van der Waals surface area contributed by atoms with Crippen LogP contribution in [0.4, 0.5) is 4.39 Å². The van der Waals surface area contributed by atoms with Crippen LogP contribution in [0.1, 0.15) is 18.1 Å². The van der Waals surface area contributed by atoms with E-state index in [0.717, 1.165) is 17.0 Å². The Morgan fingerprint density at radius 1 is 1.33 bits per heavy atom. The molecule has 0 amide bonds. The summed E-state index contributed by atoms with van der Waals surface area (Å²) in [4.78, 5) is 4.08. The van der Waals surface area contributed by atoms with Crippen molar-refractivity contribution < 1.29 is 4.39 Å². The minimum absolute atomic E-state index is 0.158. The maximum atomic E-state index is 12.7. The Morgan fingerprint density at radius 2 is 2.07 bits per heavy atom. The number of hydrogen-bond acceptors (Lipinski definition) is 2. The third kappa shape index (κ3) is 2.48. The molecule has 0 fully saturated rings. The Morgan fingerprint density at radius 3 is 2.60 bits per heavy atom. The summed E-state index contributed by atoms with van der Waals surface area (Å²) in [6, 6.07) is 8.27. The number of thioether (sulfide) groups is 1. The van der Waals surface area contributed by atoms with Crippen molar-refractivity contribution in [1.29, 1.82) is 0 Å². The van der Waals surface area contributed by atoms with Gasteiger partial charge in [0.2, 0.25) is 0 Å². The fraction of sp³-hybridized carbons (Fsp3) is 0.250. The Hall–Kier alpha value is -1.09. The van der Waals surface area contributed by atoms with E-state index in [9.17, 15) is 4.39 Å². The van der Waals surface area contributed by atoms with Crippen molar-refractivity contribution >= 4 is 16.8 Å². The Balaban J connectivity index is 2.23. The van der Waals surface area contributed by atoms with Crippen LogP contribution in [0.2, 0.25) is 0 Å². The minimum Gasteiger partial charge on any atom is -0.247 e. The molecular formula is C12H12FNS. The molecule has 0 saturated heterocycles. The summed E-state index contributed by atoms with van der Waals surface area (Å²) >= 11 is 1.44. The van der Waals surface area contributed by atoms with Gasteiger partial charge in [0.05, 0.1) is 12.0 Å². The van der Waals surface area contributed by atoms with Gasteiger partial charge in [0, 0.05) is 5.56 Å². The molecule has 0 spiro atoms. The van der Waals surface area contributed by atoms with Crippen molar-refractivity contribution in [1.82, 2.24) is 0 Å². The van der Waals surface area contributed by atoms with E-state index in [2.05, 4.69) is 24.0 Å². The Bertz CT molecular complexity index is 406. The summed E-state index contributed by atoms with van der Waals surface area (Å²) in [5.74, 6) is 0.239. The van der Waals surface area contributed by atoms with Gasteiger partial charge >= 0.3 is 0 Å². The van der Waals surface area contributed by atoms with Crippen molar-refractivity contribution in [3.05, 3.63) is 47.4 Å². The number of hydrogen-bond donors (Lipinski definition) is 0. The minimum atomic E-state index is -0.158. The molecule has 3 heteroatoms. The van der Waals surface area contributed by atoms with E-state index < -0.39 is 0 Å². The van der Waals surface area contributed by atoms with E-state index in [1.165, 1.54) is 23.5 Å². The number of nitrogens with zero attached hydrogens (tertiary/aromatic N) is 1. The summed E-state index contributed by atoms with van der Waals surface area (Å²) in [6.45, 7) is 2.12. The quantitative estimate of drug-likeness (QED) is 0.744. The lowest BCUT2D eigenvalue weighted by molar-refractivity contribution is 0.641. The van der Waals surface area contributed by atoms with Gasteiger partial charge in [-0.1, -0.05) is 43.0 Å². The molecule has 0 unspecified atom stereocenters. The molecule has 0 aliphatic carbocycles. The summed E-state index contributed by atoms with van der Waals surface area (Å²) in [5, 5.41) is 0.902. The van der Waals surface area contributed by atoms with Gasteiger partial charge in [-0.25, -0.2) is 9.38 Å². The lowest BCUT2D eigenvalue weighted by atomic mass is 10.1. The van der Waals surface area contributed by atoms with Crippen LogP contribution in [0.25, 0.3) is 0 Å². The van der Waals surface area contributed by atoms with Gasteiger partial charge in [-0.3, -0.25) is 0 Å². The van der Waals surface area contributed by atoms with Crippen LogP contribution in [0.3, 0.4) is 0 Å². The predicted molar refractivity (Wildman–Crippen MR) is 64.0 cm³/mol. The van der Waals surface area contributed by atoms with E-state index in [1.807, 2.05) is 12.1 Å². The molecule has 1 nitrogen and oxygen atoms in total. The smallest absolute Gasteiger partial charge is 0.128 e. The molecule has 1 aliphatic rings. The number of rotatable bonds is 2. The fourth-order valence-corrected chi connectivity index (χ4v) is 2.16. The molecule has 78 valence electrons. The van der Waals surface area contributed by atoms with Gasteiger partial charge in [-0.2, -0.15) is 0 Å². The maximum absolute atomic E-state index is 12.7. The first kappa shape index (κ1) is 10.4. The third-order valence-corrected chi connectivity index (χ3v) is 3.31. The highest BCUT2D eigenvalue weighted by Gasteiger charge is 2.09. The van der Waals surface area contributed by atoms with E-state index in [-0.39, 0.29) is 5.83 Å². The average molecular weight is 221 g/mol. The second-order valence-electron chi connectivity index (χ2n) is 3.35. The lowest BCUT2D eigenvalue weighted by Gasteiger charge is -2.09. The lowest BCUT2D eigenvalue weighted by Crippen LogP contribution is -2.01. The van der Waals surface area contributed by atoms with Crippen molar-refractivity contribution in [3.63, 3.8) is 0 Å². The van der Waals surface area contributed by atoms with Crippen LogP contribution in [0.5, 0.6) is 0 Å². The highest BCUT2D eigenvalue weighted by Crippen LogP contribution is 2.22. The van der Waals surface area contributed by atoms with Crippen LogP contribution in [0, 0.1) is 0 Å². The van der Waals surface area contributed by atoms with Crippen molar-refractivity contribution in [2.45, 2.75) is 13.3 Å². The number of aryl methyl sites for hydroxylation is 1. The predicted octanol–water partition coefficient (Wildman–Crippen LogP) is 3.55. The molecule has 0 atom stereocenters. The van der Waals surface area contributed by atoms with Gasteiger partial charge in [0.1, 0.15) is 10.9 Å². The van der Waals surface area contributed by atoms with Crippen LogP contribution in [0.15, 0.2) is 41.3 Å². The molecule has 0 bridgehead atoms. The zero-order valence-corrected chi connectivity index (χ0v) is 9.35. The van der Waals surface area contributed by atoms with Crippen molar-refractivity contribution in [3.8, 4) is 0 Å². The van der Waals surface area contributed by atoms with Gasteiger partial charge in [0.15, 0.2) is 0 Å². The topological polar surface area (TPSA) is 12.4 Å². The summed E-state index contributed by atoms with van der Waals surface area (Å²) in [6.07, 6.45) is 2.34. The normalized spacial score (nSPS) is 15.9. The summed E-state index contributed by atoms with van der Waals surface area (Å²) in [7, 11) is 0. The van der Waals surface area contributed by atoms with E-state index in [0.29, 0.717) is 5.75 Å². The number of benzene rings is 1. The maximum Gasteiger partial charge on any atom is 0.128 e. The highest BCUT2D eigenvalue weighted by molar-refractivity contribution is 8.14. The molecule has 1 aromatic carbocycles. The molecule has 0 radical (unpaired) electrons. The standard InChI is InChI=1S/C12H12FNS/c1-2-9-3-5-10(6-4-9)12-14-7-11(13)8-15-12/h3-7H,2,8H2,1H3. The summed E-state index contributed by atoms with van der Waals surface area (Å²) in [5.41, 5.74) is 2.38. The third-order valence-electron chi connectivity index (χ3n) is 2.28. The molecule has 15 heavy (non-hydrogen) atoms. The van der Waals surface area contributed by atoms with Crippen molar-refractivity contribution in [2.75, 3.05) is 5.75 Å². The number of halogens is 1. The van der Waals surface area contributed by atoms with Gasteiger partial charge in [0.25, 0.3) is 0 Å². The first-order valence-electron chi connectivity index (χ1n) is 4.94. The van der Waals surface area contributed by atoms with Gasteiger partial charge in [-0.05, 0) is 12.0 Å². The van der Waals surface area contributed by atoms with Crippen LogP contribution < -0.4 is 0 Å². The number of aliphatic imine (C=N–C) groups is 1. The Labute approximate surface area is 93.1 Å². The van der Waals surface area contributed by atoms with Gasteiger partial charge < -0.3 is 0 Å². The zero-order chi connectivity index (χ0) is 10.7.